The van der Waals surface area contributed by atoms with Gasteiger partial charge in [0.15, 0.2) is 5.96 Å². The monoisotopic (exact) mass is 348 g/mol. The third-order valence-corrected chi connectivity index (χ3v) is 3.64. The summed E-state index contributed by atoms with van der Waals surface area (Å²) in [6.07, 6.45) is 5.38. The molecule has 2 aromatic rings. The van der Waals surface area contributed by atoms with Crippen LogP contribution in [0, 0.1) is 12.3 Å². The Morgan fingerprint density at radius 1 is 1.19 bits per heavy atom. The van der Waals surface area contributed by atoms with Gasteiger partial charge in [-0.15, -0.1) is 6.42 Å². The van der Waals surface area contributed by atoms with Gasteiger partial charge in [-0.05, 0) is 30.7 Å². The number of nitrogens with zero attached hydrogens (tertiary/aromatic N) is 2. The second-order valence-corrected chi connectivity index (χ2v) is 5.79. The van der Waals surface area contributed by atoms with Gasteiger partial charge in [0.2, 0.25) is 5.91 Å². The van der Waals surface area contributed by atoms with Gasteiger partial charge in [0.25, 0.3) is 0 Å². The molecule has 0 spiro atoms. The zero-order valence-electron chi connectivity index (χ0n) is 15.2. The molecule has 2 N–H and O–H groups in total. The van der Waals surface area contributed by atoms with Gasteiger partial charge in [-0.1, -0.05) is 42.3 Å². The summed E-state index contributed by atoms with van der Waals surface area (Å²) < 4.78 is 0. The second kappa shape index (κ2) is 9.90. The molecule has 0 aliphatic carbocycles. The number of carbonyl (C=O) groups excluding carboxylic acids is 1. The number of amides is 1. The third kappa shape index (κ3) is 5.99. The van der Waals surface area contributed by atoms with E-state index in [-0.39, 0.29) is 12.5 Å². The molecule has 5 nitrogen and oxygen atoms in total. The summed E-state index contributed by atoms with van der Waals surface area (Å²) in [5, 5.41) is 6.02. The largest absolute Gasteiger partial charge is 0.357 e. The number of guanidine groups is 1. The van der Waals surface area contributed by atoms with Gasteiger partial charge in [0, 0.05) is 31.4 Å². The van der Waals surface area contributed by atoms with Gasteiger partial charge < -0.3 is 15.5 Å². The molecule has 26 heavy (non-hydrogen) atoms. The molecular weight excluding hydrogens is 324 g/mol. The van der Waals surface area contributed by atoms with Crippen LogP contribution in [0.4, 0.5) is 5.69 Å². The van der Waals surface area contributed by atoms with E-state index >= 15 is 0 Å². The van der Waals surface area contributed by atoms with E-state index in [0.717, 1.165) is 12.1 Å². The van der Waals surface area contributed by atoms with Crippen molar-refractivity contribution < 1.29 is 4.79 Å². The number of carbonyl (C=O) groups is 1. The number of terminal acetylenes is 1. The lowest BCUT2D eigenvalue weighted by Crippen LogP contribution is -2.39. The summed E-state index contributed by atoms with van der Waals surface area (Å²) >= 11 is 0. The van der Waals surface area contributed by atoms with E-state index in [4.69, 9.17) is 6.42 Å². The Bertz CT molecular complexity index is 793. The number of anilines is 1. The Balaban J connectivity index is 1.98. The molecule has 0 aliphatic rings. The van der Waals surface area contributed by atoms with Crippen molar-refractivity contribution in [1.29, 1.82) is 0 Å². The van der Waals surface area contributed by atoms with Gasteiger partial charge in [-0.25, -0.2) is 4.99 Å². The molecule has 0 bridgehead atoms. The number of nitrogens with one attached hydrogen (secondary N) is 2. The number of rotatable bonds is 6. The summed E-state index contributed by atoms with van der Waals surface area (Å²) in [7, 11) is 1.95. The van der Waals surface area contributed by atoms with Crippen LogP contribution in [0.15, 0.2) is 59.6 Å². The van der Waals surface area contributed by atoms with Crippen molar-refractivity contribution in [2.75, 3.05) is 25.5 Å². The highest BCUT2D eigenvalue weighted by Crippen LogP contribution is 2.09. The van der Waals surface area contributed by atoms with Gasteiger partial charge in [-0.2, -0.15) is 0 Å². The molecule has 2 aromatic carbocycles. The van der Waals surface area contributed by atoms with Crippen LogP contribution >= 0.6 is 0 Å². The van der Waals surface area contributed by atoms with Crippen LogP contribution in [0.3, 0.4) is 0 Å². The van der Waals surface area contributed by atoms with E-state index in [9.17, 15) is 4.79 Å². The Hall–Kier alpha value is -3.26. The maximum absolute atomic E-state index is 12.2. The molecule has 5 heteroatoms. The third-order valence-electron chi connectivity index (χ3n) is 3.64. The van der Waals surface area contributed by atoms with Crippen molar-refractivity contribution in [3.05, 3.63) is 65.7 Å². The van der Waals surface area contributed by atoms with Crippen LogP contribution in [0.2, 0.25) is 0 Å². The topological polar surface area (TPSA) is 56.7 Å². The summed E-state index contributed by atoms with van der Waals surface area (Å²) in [6, 6.07) is 17.3. The Kier molecular flexibility index (Phi) is 7.26. The van der Waals surface area contributed by atoms with Gasteiger partial charge in [-0.3, -0.25) is 4.79 Å². The zero-order chi connectivity index (χ0) is 18.8. The fourth-order valence-corrected chi connectivity index (χ4v) is 2.44. The highest BCUT2D eigenvalue weighted by molar-refractivity contribution is 5.94. The average molecular weight is 348 g/mol. The van der Waals surface area contributed by atoms with Crippen molar-refractivity contribution in [2.45, 2.75) is 13.5 Å². The van der Waals surface area contributed by atoms with E-state index in [1.807, 2.05) is 49.2 Å². The first-order chi connectivity index (χ1) is 12.6. The summed E-state index contributed by atoms with van der Waals surface area (Å²) in [6.45, 7) is 3.46. The molecule has 0 fully saturated rings. The van der Waals surface area contributed by atoms with E-state index < -0.39 is 0 Å². The maximum Gasteiger partial charge on any atom is 0.246 e. The van der Waals surface area contributed by atoms with Crippen molar-refractivity contribution in [3.63, 3.8) is 0 Å². The summed E-state index contributed by atoms with van der Waals surface area (Å²) in [4.78, 5) is 18.6. The summed E-state index contributed by atoms with van der Waals surface area (Å²) in [5.41, 5.74) is 2.57. The maximum atomic E-state index is 12.2. The number of aliphatic imine (C=N–C) groups is 1. The summed E-state index contributed by atoms with van der Waals surface area (Å²) in [5.74, 6) is 3.04. The predicted octanol–water partition coefficient (Wildman–Crippen LogP) is 2.70. The molecular formula is C21H24N4O. The normalized spacial score (nSPS) is 10.7. The molecule has 0 unspecified atom stereocenters. The van der Waals surface area contributed by atoms with Gasteiger partial charge in [0.05, 0.1) is 0 Å². The average Bonchev–Trinajstić information content (AvgIpc) is 2.66. The zero-order valence-corrected chi connectivity index (χ0v) is 15.2. The Labute approximate surface area is 155 Å². The lowest BCUT2D eigenvalue weighted by Gasteiger charge is -2.22. The van der Waals surface area contributed by atoms with E-state index in [2.05, 4.69) is 33.7 Å². The predicted molar refractivity (Wildman–Crippen MR) is 107 cm³/mol. The number of benzene rings is 2. The highest BCUT2D eigenvalue weighted by atomic mass is 16.1. The SMILES string of the molecule is C#Cc1cccc(NC(=O)CN=C(NCC)N(C)Cc2ccccc2)c1. The second-order valence-electron chi connectivity index (χ2n) is 5.79. The first-order valence-electron chi connectivity index (χ1n) is 8.52. The van der Waals surface area contributed by atoms with Crippen LogP contribution in [-0.2, 0) is 11.3 Å². The van der Waals surface area contributed by atoms with Gasteiger partial charge >= 0.3 is 0 Å². The fraction of sp³-hybridized carbons (Fsp3) is 0.238. The fourth-order valence-electron chi connectivity index (χ4n) is 2.44. The van der Waals surface area contributed by atoms with Crippen molar-refractivity contribution in [1.82, 2.24) is 10.2 Å². The lowest BCUT2D eigenvalue weighted by atomic mass is 10.2. The van der Waals surface area contributed by atoms with E-state index in [0.29, 0.717) is 18.2 Å². The Morgan fingerprint density at radius 3 is 2.65 bits per heavy atom. The molecule has 0 saturated heterocycles. The van der Waals surface area contributed by atoms with Crippen LogP contribution in [0.25, 0.3) is 0 Å². The van der Waals surface area contributed by atoms with Gasteiger partial charge in [0.1, 0.15) is 6.54 Å². The molecule has 0 aromatic heterocycles. The van der Waals surface area contributed by atoms with Crippen LogP contribution in [-0.4, -0.2) is 36.9 Å². The van der Waals surface area contributed by atoms with Crippen molar-refractivity contribution in [3.8, 4) is 12.3 Å². The van der Waals surface area contributed by atoms with E-state index in [1.54, 1.807) is 12.1 Å². The van der Waals surface area contributed by atoms with Crippen LogP contribution < -0.4 is 10.6 Å². The standard InChI is InChI=1S/C21H24N4O/c1-4-17-12-9-13-19(14-17)24-20(26)15-23-21(22-5-2)25(3)16-18-10-7-6-8-11-18/h1,6-14H,5,15-16H2,2-3H3,(H,22,23)(H,24,26). The van der Waals surface area contributed by atoms with Crippen molar-refractivity contribution in [2.24, 2.45) is 4.99 Å². The number of hydrogen-bond acceptors (Lipinski definition) is 2. The highest BCUT2D eigenvalue weighted by Gasteiger charge is 2.08. The molecule has 0 saturated carbocycles. The first-order valence-corrected chi connectivity index (χ1v) is 8.52. The Morgan fingerprint density at radius 2 is 1.96 bits per heavy atom. The van der Waals surface area contributed by atoms with Crippen molar-refractivity contribution >= 4 is 17.6 Å². The molecule has 0 heterocycles. The molecule has 0 atom stereocenters. The smallest absolute Gasteiger partial charge is 0.246 e. The molecule has 1 amide bonds. The first kappa shape index (κ1) is 19.1. The van der Waals surface area contributed by atoms with E-state index in [1.165, 1.54) is 5.56 Å². The minimum atomic E-state index is -0.192. The molecule has 0 aliphatic heterocycles. The van der Waals surface area contributed by atoms with Crippen LogP contribution in [0.1, 0.15) is 18.1 Å². The lowest BCUT2D eigenvalue weighted by molar-refractivity contribution is -0.114. The van der Waals surface area contributed by atoms with Crippen LogP contribution in [0.5, 0.6) is 0 Å². The number of hydrogen-bond donors (Lipinski definition) is 2. The minimum absolute atomic E-state index is 0.0295. The molecule has 2 rings (SSSR count). The molecule has 0 radical (unpaired) electrons. The molecule has 134 valence electrons. The quantitative estimate of drug-likeness (QED) is 0.479. The minimum Gasteiger partial charge on any atom is -0.357 e.